The van der Waals surface area contributed by atoms with Crippen molar-refractivity contribution < 1.29 is 4.74 Å². The second-order valence-electron chi connectivity index (χ2n) is 4.15. The number of benzene rings is 1. The molecule has 2 aromatic rings. The molecule has 0 aliphatic heterocycles. The van der Waals surface area contributed by atoms with Crippen LogP contribution in [0.3, 0.4) is 0 Å². The molecule has 1 aromatic heterocycles. The summed E-state index contributed by atoms with van der Waals surface area (Å²) in [4.78, 5) is 4.47. The van der Waals surface area contributed by atoms with E-state index in [0.717, 1.165) is 16.4 Å². The minimum absolute atomic E-state index is 0.164. The van der Waals surface area contributed by atoms with Gasteiger partial charge in [0.25, 0.3) is 0 Å². The number of nitrogens with two attached hydrogens (primary N) is 1. The molecule has 18 heavy (non-hydrogen) atoms. The van der Waals surface area contributed by atoms with Crippen molar-refractivity contribution >= 4 is 22.7 Å². The molecule has 1 heterocycles. The highest BCUT2D eigenvalue weighted by atomic mass is 32.1. The van der Waals surface area contributed by atoms with Crippen LogP contribution < -0.4 is 15.8 Å². The summed E-state index contributed by atoms with van der Waals surface area (Å²) >= 11 is 1.66. The molecule has 0 spiro atoms. The van der Waals surface area contributed by atoms with Crippen molar-refractivity contribution in [2.24, 2.45) is 0 Å². The second kappa shape index (κ2) is 5.27. The standard InChI is InChI=1S/C13H17N3OS/c1-8-7-18-13(15-8)9(2)16-10-4-5-11(14)12(6-10)17-3/h4-7,9,16H,14H2,1-3H3. The Kier molecular flexibility index (Phi) is 3.72. The molecule has 0 aliphatic carbocycles. The van der Waals surface area contributed by atoms with E-state index in [1.165, 1.54) is 0 Å². The Morgan fingerprint density at radius 3 is 2.83 bits per heavy atom. The van der Waals surface area contributed by atoms with Crippen LogP contribution in [-0.4, -0.2) is 12.1 Å². The minimum atomic E-state index is 0.164. The first-order chi connectivity index (χ1) is 8.60. The lowest BCUT2D eigenvalue weighted by atomic mass is 10.2. The molecule has 1 unspecified atom stereocenters. The van der Waals surface area contributed by atoms with Gasteiger partial charge in [-0.25, -0.2) is 4.98 Å². The first kappa shape index (κ1) is 12.7. The molecule has 0 aliphatic rings. The molecule has 96 valence electrons. The SMILES string of the molecule is COc1cc(NC(C)c2nc(C)cs2)ccc1N. The Morgan fingerprint density at radius 2 is 2.22 bits per heavy atom. The summed E-state index contributed by atoms with van der Waals surface area (Å²) in [5, 5.41) is 6.51. The van der Waals surface area contributed by atoms with Crippen molar-refractivity contribution in [1.82, 2.24) is 4.98 Å². The number of rotatable bonds is 4. The summed E-state index contributed by atoms with van der Waals surface area (Å²) in [7, 11) is 1.61. The van der Waals surface area contributed by atoms with Gasteiger partial charge >= 0.3 is 0 Å². The van der Waals surface area contributed by atoms with Gasteiger partial charge in [-0.05, 0) is 26.0 Å². The Morgan fingerprint density at radius 1 is 1.44 bits per heavy atom. The van der Waals surface area contributed by atoms with Crippen LogP contribution in [0.5, 0.6) is 5.75 Å². The zero-order chi connectivity index (χ0) is 13.1. The second-order valence-corrected chi connectivity index (χ2v) is 5.04. The fourth-order valence-corrected chi connectivity index (χ4v) is 2.49. The molecule has 0 fully saturated rings. The number of nitrogens with zero attached hydrogens (tertiary/aromatic N) is 1. The lowest BCUT2D eigenvalue weighted by Crippen LogP contribution is -2.06. The number of ether oxygens (including phenoxy) is 1. The van der Waals surface area contributed by atoms with Crippen molar-refractivity contribution in [1.29, 1.82) is 0 Å². The smallest absolute Gasteiger partial charge is 0.143 e. The molecule has 0 amide bonds. The maximum Gasteiger partial charge on any atom is 0.143 e. The van der Waals surface area contributed by atoms with E-state index in [1.54, 1.807) is 18.4 Å². The highest BCUT2D eigenvalue weighted by molar-refractivity contribution is 7.09. The third-order valence-corrected chi connectivity index (χ3v) is 3.77. The zero-order valence-electron chi connectivity index (χ0n) is 10.7. The highest BCUT2D eigenvalue weighted by Gasteiger charge is 2.10. The van der Waals surface area contributed by atoms with Gasteiger partial charge < -0.3 is 15.8 Å². The van der Waals surface area contributed by atoms with Crippen LogP contribution in [0.25, 0.3) is 0 Å². The van der Waals surface area contributed by atoms with Gasteiger partial charge in [-0.3, -0.25) is 0 Å². The average Bonchev–Trinajstić information content (AvgIpc) is 2.78. The van der Waals surface area contributed by atoms with Gasteiger partial charge in [-0.1, -0.05) is 0 Å². The topological polar surface area (TPSA) is 60.2 Å². The van der Waals surface area contributed by atoms with E-state index in [2.05, 4.69) is 22.6 Å². The molecule has 0 saturated carbocycles. The van der Waals surface area contributed by atoms with E-state index in [1.807, 2.05) is 25.1 Å². The van der Waals surface area contributed by atoms with E-state index in [9.17, 15) is 0 Å². The van der Waals surface area contributed by atoms with Gasteiger partial charge in [0.1, 0.15) is 10.8 Å². The number of nitrogens with one attached hydrogen (secondary N) is 1. The van der Waals surface area contributed by atoms with E-state index >= 15 is 0 Å². The molecule has 4 nitrogen and oxygen atoms in total. The van der Waals surface area contributed by atoms with Crippen LogP contribution in [0, 0.1) is 6.92 Å². The summed E-state index contributed by atoms with van der Waals surface area (Å²) in [6, 6.07) is 5.83. The van der Waals surface area contributed by atoms with Crippen LogP contribution in [-0.2, 0) is 0 Å². The molecular weight excluding hydrogens is 246 g/mol. The van der Waals surface area contributed by atoms with Crippen molar-refractivity contribution in [2.75, 3.05) is 18.2 Å². The monoisotopic (exact) mass is 263 g/mol. The lowest BCUT2D eigenvalue weighted by Gasteiger charge is -2.14. The number of aryl methyl sites for hydroxylation is 1. The van der Waals surface area contributed by atoms with Gasteiger partial charge in [0.2, 0.25) is 0 Å². The third-order valence-electron chi connectivity index (χ3n) is 2.62. The number of hydrogen-bond acceptors (Lipinski definition) is 5. The number of nitrogen functional groups attached to an aromatic ring is 1. The Bertz CT molecular complexity index is 539. The number of thiazole rings is 1. The molecule has 5 heteroatoms. The summed E-state index contributed by atoms with van der Waals surface area (Å²) in [6.07, 6.45) is 0. The van der Waals surface area contributed by atoms with Gasteiger partial charge in [0, 0.05) is 22.8 Å². The Hall–Kier alpha value is -1.75. The quantitative estimate of drug-likeness (QED) is 0.831. The first-order valence-corrected chi connectivity index (χ1v) is 6.60. The number of hydrogen-bond donors (Lipinski definition) is 2. The average molecular weight is 263 g/mol. The summed E-state index contributed by atoms with van der Waals surface area (Å²) in [6.45, 7) is 4.08. The Labute approximate surface area is 111 Å². The molecular formula is C13H17N3OS. The lowest BCUT2D eigenvalue weighted by molar-refractivity contribution is 0.417. The molecule has 1 aromatic carbocycles. The zero-order valence-corrected chi connectivity index (χ0v) is 11.5. The molecule has 0 saturated heterocycles. The van der Waals surface area contributed by atoms with Crippen molar-refractivity contribution in [3.05, 3.63) is 34.3 Å². The number of methoxy groups -OCH3 is 1. The predicted molar refractivity (Wildman–Crippen MR) is 76.3 cm³/mol. The fourth-order valence-electron chi connectivity index (χ4n) is 1.68. The van der Waals surface area contributed by atoms with Crippen LogP contribution in [0.2, 0.25) is 0 Å². The van der Waals surface area contributed by atoms with Crippen molar-refractivity contribution in [3.63, 3.8) is 0 Å². The molecule has 1 atom stereocenters. The minimum Gasteiger partial charge on any atom is -0.495 e. The van der Waals surface area contributed by atoms with E-state index in [-0.39, 0.29) is 6.04 Å². The normalized spacial score (nSPS) is 12.2. The van der Waals surface area contributed by atoms with E-state index < -0.39 is 0 Å². The van der Waals surface area contributed by atoms with Gasteiger partial charge in [0.05, 0.1) is 18.8 Å². The van der Waals surface area contributed by atoms with Crippen LogP contribution in [0.1, 0.15) is 23.7 Å². The van der Waals surface area contributed by atoms with Crippen LogP contribution >= 0.6 is 11.3 Å². The molecule has 0 bridgehead atoms. The van der Waals surface area contributed by atoms with Gasteiger partial charge in [-0.2, -0.15) is 0 Å². The van der Waals surface area contributed by atoms with Gasteiger partial charge in [-0.15, -0.1) is 11.3 Å². The molecule has 2 rings (SSSR count). The van der Waals surface area contributed by atoms with E-state index in [4.69, 9.17) is 10.5 Å². The number of aromatic nitrogens is 1. The summed E-state index contributed by atoms with van der Waals surface area (Å²) < 4.78 is 5.20. The maximum absolute atomic E-state index is 5.78. The van der Waals surface area contributed by atoms with Crippen molar-refractivity contribution in [2.45, 2.75) is 19.9 Å². The summed E-state index contributed by atoms with van der Waals surface area (Å²) in [5.74, 6) is 0.683. The third kappa shape index (κ3) is 2.73. The maximum atomic E-state index is 5.78. The predicted octanol–water partition coefficient (Wildman–Crippen LogP) is 3.22. The Balaban J connectivity index is 2.14. The van der Waals surface area contributed by atoms with Gasteiger partial charge in [0.15, 0.2) is 0 Å². The molecule has 3 N–H and O–H groups in total. The largest absolute Gasteiger partial charge is 0.495 e. The van der Waals surface area contributed by atoms with Crippen LogP contribution in [0.4, 0.5) is 11.4 Å². The fraction of sp³-hybridized carbons (Fsp3) is 0.308. The number of anilines is 2. The molecule has 0 radical (unpaired) electrons. The highest BCUT2D eigenvalue weighted by Crippen LogP contribution is 2.28. The summed E-state index contributed by atoms with van der Waals surface area (Å²) in [5.41, 5.74) is 8.45. The van der Waals surface area contributed by atoms with E-state index in [0.29, 0.717) is 11.4 Å². The van der Waals surface area contributed by atoms with Crippen molar-refractivity contribution in [3.8, 4) is 5.75 Å². The van der Waals surface area contributed by atoms with Crippen LogP contribution in [0.15, 0.2) is 23.6 Å². The first-order valence-electron chi connectivity index (χ1n) is 5.72.